The summed E-state index contributed by atoms with van der Waals surface area (Å²) in [6.45, 7) is 1.41. The average molecular weight is 594 g/mol. The number of nitrogens with one attached hydrogen (secondary N) is 2. The molecule has 0 unspecified atom stereocenters. The van der Waals surface area contributed by atoms with E-state index in [9.17, 15) is 14.4 Å². The first kappa shape index (κ1) is 28.8. The average Bonchev–Trinajstić information content (AvgIpc) is 3.05. The minimum atomic E-state index is -0.311. The van der Waals surface area contributed by atoms with Gasteiger partial charge in [0, 0.05) is 49.9 Å². The molecule has 10 heteroatoms. The Kier molecular flexibility index (Phi) is 8.27. The molecular weight excluding hydrogens is 566 g/mol. The van der Waals surface area contributed by atoms with Crippen molar-refractivity contribution in [2.45, 2.75) is 13.3 Å². The van der Waals surface area contributed by atoms with E-state index in [4.69, 9.17) is 0 Å². The second-order valence-electron chi connectivity index (χ2n) is 10.2. The number of aromatic nitrogens is 5. The van der Waals surface area contributed by atoms with Crippen LogP contribution >= 0.6 is 0 Å². The van der Waals surface area contributed by atoms with E-state index >= 15 is 0 Å². The third-order valence-corrected chi connectivity index (χ3v) is 6.86. The van der Waals surface area contributed by atoms with E-state index in [-0.39, 0.29) is 17.4 Å². The number of carbonyl (C=O) groups excluding carboxylic acids is 2. The molecule has 2 aromatic carbocycles. The molecule has 6 aromatic rings. The number of amides is 2. The lowest BCUT2D eigenvalue weighted by molar-refractivity contribution is -0.114. The summed E-state index contributed by atoms with van der Waals surface area (Å²) in [6.07, 6.45) is 10.0. The van der Waals surface area contributed by atoms with Crippen molar-refractivity contribution in [2.75, 3.05) is 10.6 Å². The Labute approximate surface area is 258 Å². The van der Waals surface area contributed by atoms with Crippen LogP contribution in [0.5, 0.6) is 0 Å². The van der Waals surface area contributed by atoms with Crippen LogP contribution in [0.2, 0.25) is 0 Å². The fourth-order valence-electron chi connectivity index (χ4n) is 4.83. The first-order valence-corrected chi connectivity index (χ1v) is 14.1. The van der Waals surface area contributed by atoms with Crippen molar-refractivity contribution < 1.29 is 9.59 Å². The highest BCUT2D eigenvalue weighted by molar-refractivity contribution is 6.02. The Morgan fingerprint density at radius 3 is 2.44 bits per heavy atom. The molecule has 0 saturated carbocycles. The van der Waals surface area contributed by atoms with Crippen LogP contribution in [-0.4, -0.2) is 36.3 Å². The molecular formula is C35H27N7O3. The summed E-state index contributed by atoms with van der Waals surface area (Å²) in [4.78, 5) is 55.1. The van der Waals surface area contributed by atoms with Crippen LogP contribution < -0.4 is 16.2 Å². The smallest absolute Gasteiger partial charge is 0.278 e. The van der Waals surface area contributed by atoms with Gasteiger partial charge in [0.2, 0.25) is 11.8 Å². The summed E-state index contributed by atoms with van der Waals surface area (Å²) in [5.74, 6) is -0.0795. The summed E-state index contributed by atoms with van der Waals surface area (Å²) in [5, 5.41) is 5.49. The largest absolute Gasteiger partial charge is 0.322 e. The zero-order valence-corrected chi connectivity index (χ0v) is 24.2. The molecule has 2 N–H and O–H groups in total. The van der Waals surface area contributed by atoms with Crippen LogP contribution in [0, 0.1) is 0 Å². The van der Waals surface area contributed by atoms with Gasteiger partial charge in [0.15, 0.2) is 5.65 Å². The topological polar surface area (TPSA) is 132 Å². The third-order valence-electron chi connectivity index (χ3n) is 6.86. The summed E-state index contributed by atoms with van der Waals surface area (Å²) < 4.78 is 1.59. The van der Waals surface area contributed by atoms with Gasteiger partial charge in [-0.2, -0.15) is 0 Å². The van der Waals surface area contributed by atoms with Gasteiger partial charge in [0.1, 0.15) is 17.0 Å². The normalized spacial score (nSPS) is 11.0. The number of benzene rings is 2. The number of nitrogens with zero attached hydrogens (tertiary/aromatic N) is 5. The van der Waals surface area contributed by atoms with Crippen LogP contribution in [0.3, 0.4) is 0 Å². The SMILES string of the molecule is CC(=O)Nc1ccc(/C=C/C(=O)Nc2cccc(-c3cccc(-n4c(=O)c(Cc5cccnc5)nc5cccnc54)c3)c2)cn1. The van der Waals surface area contributed by atoms with Gasteiger partial charge in [-0.1, -0.05) is 30.3 Å². The van der Waals surface area contributed by atoms with Crippen molar-refractivity contribution in [1.29, 1.82) is 0 Å². The van der Waals surface area contributed by atoms with Gasteiger partial charge in [-0.15, -0.1) is 0 Å². The third kappa shape index (κ3) is 6.86. The molecule has 2 amide bonds. The van der Waals surface area contributed by atoms with E-state index in [0.717, 1.165) is 16.7 Å². The molecule has 220 valence electrons. The molecule has 0 atom stereocenters. The van der Waals surface area contributed by atoms with E-state index in [1.54, 1.807) is 59.7 Å². The number of rotatable bonds is 8. The summed E-state index contributed by atoms with van der Waals surface area (Å²) in [6, 6.07) is 25.9. The molecule has 0 bridgehead atoms. The molecule has 4 heterocycles. The minimum Gasteiger partial charge on any atom is -0.322 e. The number of anilines is 2. The van der Waals surface area contributed by atoms with E-state index < -0.39 is 0 Å². The molecule has 6 rings (SSSR count). The van der Waals surface area contributed by atoms with Gasteiger partial charge in [0.25, 0.3) is 5.56 Å². The van der Waals surface area contributed by atoms with Crippen molar-refractivity contribution in [3.8, 4) is 16.8 Å². The fourth-order valence-corrected chi connectivity index (χ4v) is 4.83. The maximum Gasteiger partial charge on any atom is 0.278 e. The summed E-state index contributed by atoms with van der Waals surface area (Å²) >= 11 is 0. The monoisotopic (exact) mass is 593 g/mol. The predicted octanol–water partition coefficient (Wildman–Crippen LogP) is 5.44. The highest BCUT2D eigenvalue weighted by atomic mass is 16.2. The molecule has 0 aliphatic heterocycles. The lowest BCUT2D eigenvalue weighted by Crippen LogP contribution is -2.25. The Morgan fingerprint density at radius 2 is 1.67 bits per heavy atom. The van der Waals surface area contributed by atoms with Gasteiger partial charge in [-0.05, 0) is 82.9 Å². The van der Waals surface area contributed by atoms with E-state index in [1.165, 1.54) is 13.0 Å². The van der Waals surface area contributed by atoms with Crippen LogP contribution in [0.25, 0.3) is 34.1 Å². The molecule has 4 aromatic heterocycles. The highest BCUT2D eigenvalue weighted by Crippen LogP contribution is 2.26. The Bertz CT molecular complexity index is 2110. The van der Waals surface area contributed by atoms with Crippen molar-refractivity contribution in [2.24, 2.45) is 0 Å². The van der Waals surface area contributed by atoms with Crippen LogP contribution in [0.15, 0.2) is 121 Å². The maximum atomic E-state index is 13.8. The van der Waals surface area contributed by atoms with Crippen molar-refractivity contribution in [3.05, 3.63) is 143 Å². The molecule has 10 nitrogen and oxygen atoms in total. The quantitative estimate of drug-likeness (QED) is 0.225. The first-order chi connectivity index (χ1) is 21.9. The number of hydrogen-bond acceptors (Lipinski definition) is 7. The molecule has 0 spiro atoms. The number of carbonyl (C=O) groups is 2. The molecule has 0 radical (unpaired) electrons. The maximum absolute atomic E-state index is 13.8. The van der Waals surface area contributed by atoms with Crippen molar-refractivity contribution in [3.63, 3.8) is 0 Å². The standard InChI is InChI=1S/C35H27N7O3/c1-23(43)39-32-14-12-24(22-38-32)13-15-33(44)40-28-9-2-7-26(19-28)27-8-3-10-29(20-27)42-34-30(11-5-17-37-34)41-31(35(42)45)18-25-6-4-16-36-21-25/h2-17,19-22H,18H2,1H3,(H,40,44)(H,38,39,43)/b15-13+. The molecule has 0 fully saturated rings. The van der Waals surface area contributed by atoms with Crippen LogP contribution in [-0.2, 0) is 16.0 Å². The number of fused-ring (bicyclic) bond motifs is 1. The molecule has 0 aliphatic carbocycles. The summed E-state index contributed by atoms with van der Waals surface area (Å²) in [7, 11) is 0. The van der Waals surface area contributed by atoms with Crippen molar-refractivity contribution in [1.82, 2.24) is 24.5 Å². The lowest BCUT2D eigenvalue weighted by Gasteiger charge is -2.13. The van der Waals surface area contributed by atoms with E-state index in [0.29, 0.717) is 46.0 Å². The number of pyridine rings is 3. The zero-order valence-electron chi connectivity index (χ0n) is 24.2. The van der Waals surface area contributed by atoms with Gasteiger partial charge in [-0.25, -0.2) is 15.0 Å². The van der Waals surface area contributed by atoms with Crippen LogP contribution in [0.1, 0.15) is 23.7 Å². The van der Waals surface area contributed by atoms with Gasteiger partial charge in [0.05, 0.1) is 5.69 Å². The van der Waals surface area contributed by atoms with Crippen molar-refractivity contribution >= 4 is 40.6 Å². The highest BCUT2D eigenvalue weighted by Gasteiger charge is 2.15. The van der Waals surface area contributed by atoms with Crippen LogP contribution in [0.4, 0.5) is 11.5 Å². The van der Waals surface area contributed by atoms with Gasteiger partial charge < -0.3 is 10.6 Å². The molecule has 0 saturated heterocycles. The second-order valence-corrected chi connectivity index (χ2v) is 10.2. The number of hydrogen-bond donors (Lipinski definition) is 2. The second kappa shape index (κ2) is 12.9. The Balaban J connectivity index is 1.26. The molecule has 45 heavy (non-hydrogen) atoms. The Morgan fingerprint density at radius 1 is 0.844 bits per heavy atom. The summed E-state index contributed by atoms with van der Waals surface area (Å²) in [5.41, 5.74) is 5.77. The van der Waals surface area contributed by atoms with E-state index in [1.807, 2.05) is 60.7 Å². The first-order valence-electron chi connectivity index (χ1n) is 14.1. The Hall–Kier alpha value is -6.29. The fraction of sp³-hybridized carbons (Fsp3) is 0.0571. The molecule has 0 aliphatic rings. The lowest BCUT2D eigenvalue weighted by atomic mass is 10.0. The van der Waals surface area contributed by atoms with Gasteiger partial charge in [-0.3, -0.25) is 23.9 Å². The zero-order chi connectivity index (χ0) is 31.2. The minimum absolute atomic E-state index is 0.207. The predicted molar refractivity (Wildman–Crippen MR) is 174 cm³/mol. The van der Waals surface area contributed by atoms with Gasteiger partial charge >= 0.3 is 0 Å². The van der Waals surface area contributed by atoms with E-state index in [2.05, 4.69) is 30.6 Å².